The Balaban J connectivity index is 0.00000172. The summed E-state index contributed by atoms with van der Waals surface area (Å²) in [7, 11) is 0. The SMILES string of the molecule is CC.CC(=S)Nc1cc(C(F)(F)F)cc(C(F)(F)F)c1. The lowest BCUT2D eigenvalue weighted by molar-refractivity contribution is -0.143. The molecule has 0 saturated carbocycles. The largest absolute Gasteiger partial charge is 0.416 e. The number of anilines is 1. The zero-order valence-electron chi connectivity index (χ0n) is 10.9. The summed E-state index contributed by atoms with van der Waals surface area (Å²) >= 11 is 4.58. The normalized spacial score (nSPS) is 11.4. The molecule has 0 spiro atoms. The van der Waals surface area contributed by atoms with Crippen molar-refractivity contribution in [2.75, 3.05) is 5.32 Å². The summed E-state index contributed by atoms with van der Waals surface area (Å²) in [5.41, 5.74) is -3.10. The Bertz CT molecular complexity index is 432. The molecule has 8 heteroatoms. The maximum absolute atomic E-state index is 12.4. The molecular weight excluding hydrogens is 304 g/mol. The van der Waals surface area contributed by atoms with Gasteiger partial charge < -0.3 is 5.32 Å². The van der Waals surface area contributed by atoms with E-state index >= 15 is 0 Å². The highest BCUT2D eigenvalue weighted by atomic mass is 32.1. The lowest BCUT2D eigenvalue weighted by atomic mass is 10.1. The molecule has 1 aromatic carbocycles. The van der Waals surface area contributed by atoms with Gasteiger partial charge in [-0.3, -0.25) is 0 Å². The number of nitrogens with one attached hydrogen (secondary N) is 1. The zero-order chi connectivity index (χ0) is 16.1. The maximum Gasteiger partial charge on any atom is 0.416 e. The van der Waals surface area contributed by atoms with Crippen LogP contribution < -0.4 is 5.32 Å². The van der Waals surface area contributed by atoms with Crippen molar-refractivity contribution in [2.45, 2.75) is 33.1 Å². The Kier molecular flexibility index (Phi) is 6.46. The Morgan fingerprint density at radius 1 is 0.900 bits per heavy atom. The molecule has 114 valence electrons. The van der Waals surface area contributed by atoms with Gasteiger partial charge in [0.15, 0.2) is 0 Å². The van der Waals surface area contributed by atoms with Crippen LogP contribution in [0.3, 0.4) is 0 Å². The summed E-state index contributed by atoms with van der Waals surface area (Å²) in [5.74, 6) is 0. The monoisotopic (exact) mass is 317 g/mol. The molecule has 0 aromatic heterocycles. The van der Waals surface area contributed by atoms with Crippen molar-refractivity contribution in [1.29, 1.82) is 0 Å². The highest BCUT2D eigenvalue weighted by Crippen LogP contribution is 2.37. The van der Waals surface area contributed by atoms with Crippen molar-refractivity contribution in [3.05, 3.63) is 29.3 Å². The predicted molar refractivity (Wildman–Crippen MR) is 69.7 cm³/mol. The van der Waals surface area contributed by atoms with Crippen molar-refractivity contribution < 1.29 is 26.3 Å². The van der Waals surface area contributed by atoms with Gasteiger partial charge in [0.05, 0.1) is 16.1 Å². The molecule has 1 rings (SSSR count). The van der Waals surface area contributed by atoms with Crippen LogP contribution >= 0.6 is 12.2 Å². The smallest absolute Gasteiger partial charge is 0.350 e. The molecular formula is C12H13F6NS. The molecule has 1 nitrogen and oxygen atoms in total. The first-order chi connectivity index (χ1) is 9.00. The molecule has 20 heavy (non-hydrogen) atoms. The second-order valence-corrected chi connectivity index (χ2v) is 4.09. The number of benzene rings is 1. The van der Waals surface area contributed by atoms with Crippen LogP contribution in [-0.2, 0) is 12.4 Å². The molecule has 1 aromatic rings. The van der Waals surface area contributed by atoms with Crippen molar-refractivity contribution in [1.82, 2.24) is 0 Å². The number of hydrogen-bond acceptors (Lipinski definition) is 1. The molecule has 0 heterocycles. The van der Waals surface area contributed by atoms with Gasteiger partial charge in [-0.25, -0.2) is 0 Å². The van der Waals surface area contributed by atoms with E-state index in [9.17, 15) is 26.3 Å². The molecule has 1 N–H and O–H groups in total. The van der Waals surface area contributed by atoms with Gasteiger partial charge in [0.1, 0.15) is 0 Å². The molecule has 0 unspecified atom stereocenters. The average Bonchev–Trinajstić information content (AvgIpc) is 2.28. The second kappa shape index (κ2) is 6.92. The number of thiocarbonyl (C=S) groups is 1. The molecule has 0 aliphatic carbocycles. The standard InChI is InChI=1S/C10H7F6NS.C2H6/c1-5(18)17-8-3-6(9(11,12)13)2-7(4-8)10(14,15)16;1-2/h2-4H,1H3,(H,17,18);1-2H3. The highest BCUT2D eigenvalue weighted by Gasteiger charge is 2.36. The molecule has 0 radical (unpaired) electrons. The van der Waals surface area contributed by atoms with Crippen LogP contribution in [0, 0.1) is 0 Å². The first-order valence-electron chi connectivity index (χ1n) is 5.57. The minimum atomic E-state index is -4.85. The van der Waals surface area contributed by atoms with E-state index < -0.39 is 23.5 Å². The van der Waals surface area contributed by atoms with Crippen LogP contribution in [0.15, 0.2) is 18.2 Å². The van der Waals surface area contributed by atoms with Gasteiger partial charge in [0, 0.05) is 5.69 Å². The lowest BCUT2D eigenvalue weighted by Gasteiger charge is -2.14. The van der Waals surface area contributed by atoms with Crippen LogP contribution in [0.25, 0.3) is 0 Å². The minimum Gasteiger partial charge on any atom is -0.350 e. The first-order valence-corrected chi connectivity index (χ1v) is 5.98. The third-order valence-corrected chi connectivity index (χ3v) is 2.01. The molecule has 0 amide bonds. The van der Waals surface area contributed by atoms with Crippen LogP contribution in [0.2, 0.25) is 0 Å². The van der Waals surface area contributed by atoms with Gasteiger partial charge in [0.2, 0.25) is 0 Å². The summed E-state index contributed by atoms with van der Waals surface area (Å²) < 4.78 is 74.7. The summed E-state index contributed by atoms with van der Waals surface area (Å²) in [4.78, 5) is 0.0717. The van der Waals surface area contributed by atoms with E-state index in [-0.39, 0.29) is 16.7 Å². The summed E-state index contributed by atoms with van der Waals surface area (Å²) in [6, 6.07) is 1.21. The molecule has 0 aliphatic rings. The minimum absolute atomic E-state index is 0.0594. The van der Waals surface area contributed by atoms with Gasteiger partial charge in [-0.2, -0.15) is 26.3 Å². The number of rotatable bonds is 1. The number of halogens is 6. The zero-order valence-corrected chi connectivity index (χ0v) is 11.7. The van der Waals surface area contributed by atoms with E-state index in [1.54, 1.807) is 0 Å². The van der Waals surface area contributed by atoms with Crippen molar-refractivity contribution >= 4 is 22.9 Å². The molecule has 0 bridgehead atoms. The van der Waals surface area contributed by atoms with Crippen LogP contribution in [0.1, 0.15) is 31.9 Å². The van der Waals surface area contributed by atoms with Crippen molar-refractivity contribution in [3.8, 4) is 0 Å². The van der Waals surface area contributed by atoms with Gasteiger partial charge >= 0.3 is 12.4 Å². The first kappa shape index (κ1) is 18.7. The fourth-order valence-corrected chi connectivity index (χ4v) is 1.35. The maximum atomic E-state index is 12.4. The van der Waals surface area contributed by atoms with Gasteiger partial charge in [-0.15, -0.1) is 0 Å². The Morgan fingerprint density at radius 2 is 1.25 bits per heavy atom. The third-order valence-electron chi connectivity index (χ3n) is 1.91. The van der Waals surface area contributed by atoms with E-state index in [4.69, 9.17) is 0 Å². The molecule has 0 saturated heterocycles. The van der Waals surface area contributed by atoms with Crippen LogP contribution in [-0.4, -0.2) is 4.99 Å². The van der Waals surface area contributed by atoms with E-state index in [1.807, 2.05) is 13.8 Å². The second-order valence-electron chi connectivity index (χ2n) is 3.48. The molecule has 0 aliphatic heterocycles. The third kappa shape index (κ3) is 5.77. The Morgan fingerprint density at radius 3 is 1.50 bits per heavy atom. The summed E-state index contributed by atoms with van der Waals surface area (Å²) in [6.07, 6.45) is -9.71. The fraction of sp³-hybridized carbons (Fsp3) is 0.417. The Hall–Kier alpha value is -1.31. The van der Waals surface area contributed by atoms with Gasteiger partial charge in [-0.05, 0) is 25.1 Å². The van der Waals surface area contributed by atoms with Gasteiger partial charge in [-0.1, -0.05) is 26.1 Å². The van der Waals surface area contributed by atoms with E-state index in [1.165, 1.54) is 6.92 Å². The highest BCUT2D eigenvalue weighted by molar-refractivity contribution is 7.80. The summed E-state index contributed by atoms with van der Waals surface area (Å²) in [6.45, 7) is 5.35. The van der Waals surface area contributed by atoms with Crippen molar-refractivity contribution in [2.24, 2.45) is 0 Å². The van der Waals surface area contributed by atoms with Crippen LogP contribution in [0.5, 0.6) is 0 Å². The van der Waals surface area contributed by atoms with E-state index in [2.05, 4.69) is 17.5 Å². The predicted octanol–water partition coefficient (Wildman–Crippen LogP) is 5.51. The summed E-state index contributed by atoms with van der Waals surface area (Å²) in [5, 5.41) is 2.26. The van der Waals surface area contributed by atoms with E-state index in [0.717, 1.165) is 0 Å². The lowest BCUT2D eigenvalue weighted by Crippen LogP contribution is -2.13. The van der Waals surface area contributed by atoms with Gasteiger partial charge in [0.25, 0.3) is 0 Å². The molecule has 0 atom stereocenters. The topological polar surface area (TPSA) is 12.0 Å². The quantitative estimate of drug-likeness (QED) is 0.541. The van der Waals surface area contributed by atoms with E-state index in [0.29, 0.717) is 12.1 Å². The number of hydrogen-bond donors (Lipinski definition) is 1. The number of alkyl halides is 6. The van der Waals surface area contributed by atoms with Crippen LogP contribution in [0.4, 0.5) is 32.0 Å². The van der Waals surface area contributed by atoms with Crippen molar-refractivity contribution in [3.63, 3.8) is 0 Å². The average molecular weight is 317 g/mol. The Labute approximate surface area is 118 Å². The fourth-order valence-electron chi connectivity index (χ4n) is 1.23. The molecule has 0 fully saturated rings.